The van der Waals surface area contributed by atoms with Crippen molar-refractivity contribution >= 4 is 23.2 Å². The fourth-order valence-electron chi connectivity index (χ4n) is 2.92. The van der Waals surface area contributed by atoms with Crippen LogP contribution in [0, 0.1) is 40.5 Å². The summed E-state index contributed by atoms with van der Waals surface area (Å²) in [5.74, 6) is 0.647. The molecule has 2 rings (SSSR count). The van der Waals surface area contributed by atoms with Crippen LogP contribution in [0.25, 0.3) is 0 Å². The molecule has 94 valence electrons. The summed E-state index contributed by atoms with van der Waals surface area (Å²) in [5.41, 5.74) is 8.27. The maximum Gasteiger partial charge on any atom is 0.128 e. The Kier molecular flexibility index (Phi) is 3.03. The average molecular weight is 271 g/mol. The quantitative estimate of drug-likeness (QED) is 0.621. The van der Waals surface area contributed by atoms with Crippen molar-refractivity contribution in [3.63, 3.8) is 0 Å². The van der Waals surface area contributed by atoms with Crippen molar-refractivity contribution in [2.24, 2.45) is 5.92 Å². The number of hydrogen-bond donors (Lipinski definition) is 0. The SMILES string of the molecule is Cc1c(C)c(C)c(C2C(C)C2(Cl)Cl)c(C)c1C. The lowest BCUT2D eigenvalue weighted by Crippen LogP contribution is -2.04. The molecule has 1 aromatic carbocycles. The molecule has 0 spiro atoms. The van der Waals surface area contributed by atoms with E-state index >= 15 is 0 Å². The van der Waals surface area contributed by atoms with Crippen LogP contribution in [0.2, 0.25) is 0 Å². The molecule has 0 bridgehead atoms. The Bertz CT molecular complexity index is 457. The molecule has 0 saturated heterocycles. The van der Waals surface area contributed by atoms with Crippen molar-refractivity contribution in [2.75, 3.05) is 0 Å². The molecule has 2 atom stereocenters. The van der Waals surface area contributed by atoms with Crippen molar-refractivity contribution in [1.29, 1.82) is 0 Å². The fraction of sp³-hybridized carbons (Fsp3) is 0.600. The zero-order valence-corrected chi connectivity index (χ0v) is 12.9. The van der Waals surface area contributed by atoms with Crippen LogP contribution >= 0.6 is 23.2 Å². The fourth-order valence-corrected chi connectivity index (χ4v) is 3.64. The molecule has 0 aromatic heterocycles. The lowest BCUT2D eigenvalue weighted by molar-refractivity contribution is 0.892. The van der Waals surface area contributed by atoms with Crippen LogP contribution in [0.3, 0.4) is 0 Å². The topological polar surface area (TPSA) is 0 Å². The first-order valence-corrected chi connectivity index (χ1v) is 6.91. The molecule has 0 amide bonds. The maximum absolute atomic E-state index is 6.35. The standard InChI is InChI=1S/C15H20Cl2/c1-7-8(2)10(4)13(11(5)9(7)3)14-12(6)15(14,16)17/h12,14H,1-6H3. The Balaban J connectivity index is 2.65. The molecule has 17 heavy (non-hydrogen) atoms. The summed E-state index contributed by atoms with van der Waals surface area (Å²) in [6, 6.07) is 0. The second-order valence-electron chi connectivity index (χ2n) is 5.48. The highest BCUT2D eigenvalue weighted by Crippen LogP contribution is 2.65. The molecule has 0 nitrogen and oxygen atoms in total. The predicted molar refractivity (Wildman–Crippen MR) is 76.5 cm³/mol. The molecule has 1 aliphatic rings. The summed E-state index contributed by atoms with van der Waals surface area (Å²) in [6.07, 6.45) is 0. The lowest BCUT2D eigenvalue weighted by atomic mass is 9.87. The molecule has 2 unspecified atom stereocenters. The van der Waals surface area contributed by atoms with E-state index in [4.69, 9.17) is 23.2 Å². The van der Waals surface area contributed by atoms with Gasteiger partial charge in [-0.15, -0.1) is 23.2 Å². The Morgan fingerprint density at radius 1 is 0.765 bits per heavy atom. The normalized spacial score (nSPS) is 26.1. The van der Waals surface area contributed by atoms with Gasteiger partial charge in [0.1, 0.15) is 4.33 Å². The number of alkyl halides is 2. The van der Waals surface area contributed by atoms with Crippen molar-refractivity contribution in [3.05, 3.63) is 33.4 Å². The lowest BCUT2D eigenvalue weighted by Gasteiger charge is -2.19. The van der Waals surface area contributed by atoms with Gasteiger partial charge < -0.3 is 0 Å². The van der Waals surface area contributed by atoms with Crippen molar-refractivity contribution in [2.45, 2.75) is 51.8 Å². The van der Waals surface area contributed by atoms with Gasteiger partial charge in [-0.3, -0.25) is 0 Å². The molecule has 1 fully saturated rings. The van der Waals surface area contributed by atoms with Crippen molar-refractivity contribution in [1.82, 2.24) is 0 Å². The van der Waals surface area contributed by atoms with Gasteiger partial charge in [0, 0.05) is 5.92 Å². The highest BCUT2D eigenvalue weighted by molar-refractivity contribution is 6.51. The average Bonchev–Trinajstić information content (AvgIpc) is 2.75. The molecular weight excluding hydrogens is 251 g/mol. The minimum atomic E-state index is -0.566. The van der Waals surface area contributed by atoms with Gasteiger partial charge in [-0.05, 0) is 73.9 Å². The summed E-state index contributed by atoms with van der Waals surface area (Å²) >= 11 is 12.7. The zero-order valence-electron chi connectivity index (χ0n) is 11.4. The van der Waals surface area contributed by atoms with Gasteiger partial charge >= 0.3 is 0 Å². The Labute approximate surface area is 114 Å². The first kappa shape index (κ1) is 13.2. The minimum Gasteiger partial charge on any atom is -0.101 e. The molecular formula is C15H20Cl2. The Morgan fingerprint density at radius 3 is 1.35 bits per heavy atom. The number of rotatable bonds is 1. The van der Waals surface area contributed by atoms with Gasteiger partial charge in [0.05, 0.1) is 0 Å². The van der Waals surface area contributed by atoms with Gasteiger partial charge in [-0.25, -0.2) is 0 Å². The highest BCUT2D eigenvalue weighted by Gasteiger charge is 2.61. The van der Waals surface area contributed by atoms with E-state index in [9.17, 15) is 0 Å². The summed E-state index contributed by atoms with van der Waals surface area (Å²) in [5, 5.41) is 0. The van der Waals surface area contributed by atoms with Crippen LogP contribution in [0.5, 0.6) is 0 Å². The Morgan fingerprint density at radius 2 is 1.06 bits per heavy atom. The van der Waals surface area contributed by atoms with E-state index in [0.29, 0.717) is 11.8 Å². The van der Waals surface area contributed by atoms with Crippen LogP contribution in [0.1, 0.15) is 46.2 Å². The predicted octanol–water partition coefficient (Wildman–Crippen LogP) is 5.14. The second-order valence-corrected chi connectivity index (χ2v) is 6.92. The van der Waals surface area contributed by atoms with Crippen molar-refractivity contribution < 1.29 is 0 Å². The number of hydrogen-bond acceptors (Lipinski definition) is 0. The van der Waals surface area contributed by atoms with Crippen LogP contribution in [-0.4, -0.2) is 4.33 Å². The first-order valence-electron chi connectivity index (χ1n) is 6.15. The van der Waals surface area contributed by atoms with Gasteiger partial charge in [-0.1, -0.05) is 6.92 Å². The molecule has 1 aliphatic carbocycles. The first-order chi connectivity index (χ1) is 7.71. The summed E-state index contributed by atoms with van der Waals surface area (Å²) in [6.45, 7) is 13.1. The van der Waals surface area contributed by atoms with Crippen LogP contribution in [0.15, 0.2) is 0 Å². The summed E-state index contributed by atoms with van der Waals surface area (Å²) in [4.78, 5) is 0. The number of benzene rings is 1. The molecule has 1 aromatic rings. The van der Waals surface area contributed by atoms with Crippen LogP contribution in [0.4, 0.5) is 0 Å². The molecule has 2 heteroatoms. The van der Waals surface area contributed by atoms with E-state index in [-0.39, 0.29) is 0 Å². The largest absolute Gasteiger partial charge is 0.128 e. The third-order valence-electron chi connectivity index (χ3n) is 4.78. The van der Waals surface area contributed by atoms with Crippen molar-refractivity contribution in [3.8, 4) is 0 Å². The number of halogens is 2. The van der Waals surface area contributed by atoms with E-state index in [1.807, 2.05) is 0 Å². The Hall–Kier alpha value is -0.200. The molecule has 1 saturated carbocycles. The van der Waals surface area contributed by atoms with E-state index in [0.717, 1.165) is 0 Å². The van der Waals surface area contributed by atoms with Crippen LogP contribution in [-0.2, 0) is 0 Å². The highest BCUT2D eigenvalue weighted by atomic mass is 35.5. The van der Waals surface area contributed by atoms with E-state index in [1.165, 1.54) is 33.4 Å². The van der Waals surface area contributed by atoms with Gasteiger partial charge in [0.2, 0.25) is 0 Å². The molecule has 0 radical (unpaired) electrons. The molecule has 0 heterocycles. The summed E-state index contributed by atoms with van der Waals surface area (Å²) in [7, 11) is 0. The zero-order chi connectivity index (χ0) is 13.1. The molecule has 0 aliphatic heterocycles. The van der Waals surface area contributed by atoms with Gasteiger partial charge in [-0.2, -0.15) is 0 Å². The molecule has 0 N–H and O–H groups in total. The minimum absolute atomic E-state index is 0.295. The third kappa shape index (κ3) is 1.72. The van der Waals surface area contributed by atoms with Gasteiger partial charge in [0.25, 0.3) is 0 Å². The van der Waals surface area contributed by atoms with E-state index < -0.39 is 4.33 Å². The smallest absolute Gasteiger partial charge is 0.101 e. The van der Waals surface area contributed by atoms with E-state index in [1.54, 1.807) is 0 Å². The second kappa shape index (κ2) is 3.90. The monoisotopic (exact) mass is 270 g/mol. The maximum atomic E-state index is 6.35. The van der Waals surface area contributed by atoms with E-state index in [2.05, 4.69) is 41.5 Å². The van der Waals surface area contributed by atoms with Crippen LogP contribution < -0.4 is 0 Å². The van der Waals surface area contributed by atoms with Gasteiger partial charge in [0.15, 0.2) is 0 Å². The third-order valence-corrected chi connectivity index (χ3v) is 5.94. The summed E-state index contributed by atoms with van der Waals surface area (Å²) < 4.78 is -0.566.